The second-order valence-electron chi connectivity index (χ2n) is 4.27. The molecule has 0 aliphatic carbocycles. The lowest BCUT2D eigenvalue weighted by molar-refractivity contribution is 0.933. The zero-order chi connectivity index (χ0) is 13.2. The molecular weight excluding hydrogens is 386 g/mol. The third kappa shape index (κ3) is 2.91. The fourth-order valence-corrected chi connectivity index (χ4v) is 4.80. The van der Waals surface area contributed by atoms with Crippen molar-refractivity contribution in [3.8, 4) is 0 Å². The summed E-state index contributed by atoms with van der Waals surface area (Å²) in [5.74, 6) is 0. The molecule has 19 heavy (non-hydrogen) atoms. The van der Waals surface area contributed by atoms with Crippen LogP contribution in [0, 0.1) is 0 Å². The Morgan fingerprint density at radius 2 is 1.79 bits per heavy atom. The van der Waals surface area contributed by atoms with E-state index in [9.17, 15) is 0 Å². The highest BCUT2D eigenvalue weighted by molar-refractivity contribution is 9.11. The summed E-state index contributed by atoms with van der Waals surface area (Å²) in [4.78, 5) is 4.96. The van der Waals surface area contributed by atoms with E-state index in [-0.39, 0.29) is 4.83 Å². The largest absolute Gasteiger partial charge is 0.241 e. The second kappa shape index (κ2) is 5.73. The van der Waals surface area contributed by atoms with Gasteiger partial charge in [-0.25, -0.2) is 4.98 Å². The normalized spacial score (nSPS) is 12.7. The van der Waals surface area contributed by atoms with Gasteiger partial charge in [-0.1, -0.05) is 62.2 Å². The van der Waals surface area contributed by atoms with Gasteiger partial charge in [-0.3, -0.25) is 0 Å². The van der Waals surface area contributed by atoms with Crippen LogP contribution in [0.4, 0.5) is 0 Å². The number of thiazole rings is 1. The van der Waals surface area contributed by atoms with E-state index in [0.717, 1.165) is 16.4 Å². The standard InChI is InChI=1S/C15H11Br2NS/c16-11-6-2-1-5-10(11)12(17)9-15-18-13-7-3-4-8-14(13)19-15/h1-8,12H,9H2. The fourth-order valence-electron chi connectivity index (χ4n) is 2.00. The zero-order valence-corrected chi connectivity index (χ0v) is 14.0. The predicted octanol–water partition coefficient (Wildman–Crippen LogP) is 5.74. The Kier molecular flexibility index (Phi) is 4.01. The van der Waals surface area contributed by atoms with Crippen molar-refractivity contribution in [3.63, 3.8) is 0 Å². The predicted molar refractivity (Wildman–Crippen MR) is 89.1 cm³/mol. The van der Waals surface area contributed by atoms with E-state index in [2.05, 4.69) is 73.2 Å². The summed E-state index contributed by atoms with van der Waals surface area (Å²) >= 11 is 9.14. The van der Waals surface area contributed by atoms with Crippen molar-refractivity contribution in [2.75, 3.05) is 0 Å². The van der Waals surface area contributed by atoms with Gasteiger partial charge in [0.25, 0.3) is 0 Å². The molecule has 1 aromatic heterocycles. The summed E-state index contributed by atoms with van der Waals surface area (Å²) in [6.07, 6.45) is 0.905. The SMILES string of the molecule is Brc1ccccc1C(Br)Cc1nc2ccccc2s1. The molecular formula is C15H11Br2NS. The topological polar surface area (TPSA) is 12.9 Å². The maximum absolute atomic E-state index is 4.68. The molecule has 0 bridgehead atoms. The van der Waals surface area contributed by atoms with Crippen molar-refractivity contribution in [1.82, 2.24) is 4.98 Å². The molecule has 0 amide bonds. The third-order valence-electron chi connectivity index (χ3n) is 2.93. The van der Waals surface area contributed by atoms with Crippen LogP contribution < -0.4 is 0 Å². The average Bonchev–Trinajstić information content (AvgIpc) is 2.81. The van der Waals surface area contributed by atoms with Crippen molar-refractivity contribution in [2.24, 2.45) is 0 Å². The van der Waals surface area contributed by atoms with Gasteiger partial charge in [-0.05, 0) is 23.8 Å². The summed E-state index contributed by atoms with van der Waals surface area (Å²) in [5, 5.41) is 1.17. The van der Waals surface area contributed by atoms with Crippen LogP contribution in [-0.2, 0) is 6.42 Å². The Morgan fingerprint density at radius 1 is 1.05 bits per heavy atom. The number of aromatic nitrogens is 1. The molecule has 1 unspecified atom stereocenters. The number of alkyl halides is 1. The highest BCUT2D eigenvalue weighted by Crippen LogP contribution is 2.34. The summed E-state index contributed by atoms with van der Waals surface area (Å²) < 4.78 is 2.39. The Balaban J connectivity index is 1.86. The van der Waals surface area contributed by atoms with E-state index in [0.29, 0.717) is 0 Å². The molecule has 1 atom stereocenters. The molecule has 3 rings (SSSR count). The number of rotatable bonds is 3. The maximum Gasteiger partial charge on any atom is 0.0953 e. The van der Waals surface area contributed by atoms with Crippen LogP contribution in [0.3, 0.4) is 0 Å². The van der Waals surface area contributed by atoms with Gasteiger partial charge in [-0.2, -0.15) is 0 Å². The first kappa shape index (κ1) is 13.3. The molecule has 0 aliphatic heterocycles. The van der Waals surface area contributed by atoms with Crippen LogP contribution in [-0.4, -0.2) is 4.98 Å². The van der Waals surface area contributed by atoms with Gasteiger partial charge >= 0.3 is 0 Å². The van der Waals surface area contributed by atoms with E-state index in [4.69, 9.17) is 0 Å². The molecule has 0 spiro atoms. The summed E-state index contributed by atoms with van der Waals surface area (Å²) in [6.45, 7) is 0. The van der Waals surface area contributed by atoms with Crippen molar-refractivity contribution in [3.05, 3.63) is 63.6 Å². The van der Waals surface area contributed by atoms with Gasteiger partial charge < -0.3 is 0 Å². The molecule has 0 radical (unpaired) electrons. The number of para-hydroxylation sites is 1. The zero-order valence-electron chi connectivity index (χ0n) is 10.0. The molecule has 1 nitrogen and oxygen atoms in total. The molecule has 1 heterocycles. The van der Waals surface area contributed by atoms with E-state index >= 15 is 0 Å². The number of hydrogen-bond acceptors (Lipinski definition) is 2. The molecule has 96 valence electrons. The molecule has 0 aliphatic rings. The molecule has 4 heteroatoms. The third-order valence-corrected chi connectivity index (χ3v) is 5.53. The molecule has 2 aromatic carbocycles. The lowest BCUT2D eigenvalue weighted by atomic mass is 10.1. The summed E-state index contributed by atoms with van der Waals surface area (Å²) in [7, 11) is 0. The van der Waals surface area contributed by atoms with Crippen LogP contribution in [0.15, 0.2) is 53.0 Å². The van der Waals surface area contributed by atoms with Crippen LogP contribution in [0.2, 0.25) is 0 Å². The minimum absolute atomic E-state index is 0.281. The van der Waals surface area contributed by atoms with E-state index in [1.54, 1.807) is 11.3 Å². The first-order valence-electron chi connectivity index (χ1n) is 5.97. The number of benzene rings is 2. The first-order valence-corrected chi connectivity index (χ1v) is 8.49. The Labute approximate surface area is 132 Å². The van der Waals surface area contributed by atoms with Crippen LogP contribution in [0.25, 0.3) is 10.2 Å². The Morgan fingerprint density at radius 3 is 2.58 bits per heavy atom. The second-order valence-corrected chi connectivity index (χ2v) is 7.34. The quantitative estimate of drug-likeness (QED) is 0.514. The van der Waals surface area contributed by atoms with E-state index in [1.165, 1.54) is 15.3 Å². The van der Waals surface area contributed by atoms with Gasteiger partial charge in [0.2, 0.25) is 0 Å². The van der Waals surface area contributed by atoms with Crippen molar-refractivity contribution in [1.29, 1.82) is 0 Å². The van der Waals surface area contributed by atoms with E-state index in [1.807, 2.05) is 12.1 Å². The van der Waals surface area contributed by atoms with Crippen molar-refractivity contribution < 1.29 is 0 Å². The van der Waals surface area contributed by atoms with Gasteiger partial charge in [-0.15, -0.1) is 11.3 Å². The molecule has 0 saturated heterocycles. The lowest BCUT2D eigenvalue weighted by Crippen LogP contribution is -1.95. The monoisotopic (exact) mass is 395 g/mol. The van der Waals surface area contributed by atoms with Gasteiger partial charge in [0.15, 0.2) is 0 Å². The smallest absolute Gasteiger partial charge is 0.0953 e. The Bertz CT molecular complexity index is 675. The van der Waals surface area contributed by atoms with Gasteiger partial charge in [0.05, 0.1) is 15.2 Å². The van der Waals surface area contributed by atoms with Crippen LogP contribution >= 0.6 is 43.2 Å². The molecule has 0 N–H and O–H groups in total. The number of halogens is 2. The van der Waals surface area contributed by atoms with Gasteiger partial charge in [0.1, 0.15) is 0 Å². The number of fused-ring (bicyclic) bond motifs is 1. The van der Waals surface area contributed by atoms with Gasteiger partial charge in [0, 0.05) is 15.7 Å². The molecule has 0 saturated carbocycles. The maximum atomic E-state index is 4.68. The van der Waals surface area contributed by atoms with E-state index < -0.39 is 0 Å². The van der Waals surface area contributed by atoms with Crippen molar-refractivity contribution >= 4 is 53.4 Å². The molecule has 3 aromatic rings. The average molecular weight is 397 g/mol. The Hall–Kier alpha value is -0.710. The molecule has 0 fully saturated rings. The minimum Gasteiger partial charge on any atom is -0.241 e. The van der Waals surface area contributed by atoms with Crippen molar-refractivity contribution in [2.45, 2.75) is 11.2 Å². The lowest BCUT2D eigenvalue weighted by Gasteiger charge is -2.10. The highest BCUT2D eigenvalue weighted by atomic mass is 79.9. The first-order chi connectivity index (χ1) is 9.24. The summed E-state index contributed by atoms with van der Waals surface area (Å²) in [6, 6.07) is 16.6. The minimum atomic E-state index is 0.281. The number of hydrogen-bond donors (Lipinski definition) is 0. The highest BCUT2D eigenvalue weighted by Gasteiger charge is 2.14. The fraction of sp³-hybridized carbons (Fsp3) is 0.133. The summed E-state index contributed by atoms with van der Waals surface area (Å²) in [5.41, 5.74) is 2.36. The van der Waals surface area contributed by atoms with Crippen LogP contribution in [0.5, 0.6) is 0 Å². The van der Waals surface area contributed by atoms with Crippen LogP contribution in [0.1, 0.15) is 15.4 Å². The number of nitrogens with zero attached hydrogens (tertiary/aromatic N) is 1.